The summed E-state index contributed by atoms with van der Waals surface area (Å²) in [5.74, 6) is -0.116. The van der Waals surface area contributed by atoms with Crippen LogP contribution in [0.4, 0.5) is 5.69 Å². The molecule has 0 aliphatic carbocycles. The molecule has 0 saturated carbocycles. The third-order valence-corrected chi connectivity index (χ3v) is 4.65. The molecular weight excluding hydrogens is 313 g/mol. The quantitative estimate of drug-likeness (QED) is 0.716. The van der Waals surface area contributed by atoms with Gasteiger partial charge in [-0.2, -0.15) is 0 Å². The van der Waals surface area contributed by atoms with Crippen molar-refractivity contribution in [3.05, 3.63) is 53.9 Å². The fraction of sp³-hybridized carbons (Fsp3) is 0.263. The fourth-order valence-electron chi connectivity index (χ4n) is 3.33. The summed E-state index contributed by atoms with van der Waals surface area (Å²) >= 11 is 0. The number of nitrogens with one attached hydrogen (secondary N) is 2. The first-order valence-corrected chi connectivity index (χ1v) is 8.65. The molecule has 0 spiro atoms. The Morgan fingerprint density at radius 1 is 1.36 bits per heavy atom. The van der Waals surface area contributed by atoms with Crippen molar-refractivity contribution in [2.45, 2.75) is 25.4 Å². The van der Waals surface area contributed by atoms with Gasteiger partial charge in [0, 0.05) is 29.7 Å². The van der Waals surface area contributed by atoms with Crippen LogP contribution >= 0.6 is 0 Å². The van der Waals surface area contributed by atoms with Gasteiger partial charge in [-0.05, 0) is 25.0 Å². The van der Waals surface area contributed by atoms with Gasteiger partial charge in [-0.15, -0.1) is 0 Å². The molecule has 5 nitrogen and oxygen atoms in total. The van der Waals surface area contributed by atoms with Gasteiger partial charge in [-0.1, -0.05) is 29.7 Å². The summed E-state index contributed by atoms with van der Waals surface area (Å²) in [7, 11) is 1.93. The van der Waals surface area contributed by atoms with E-state index in [1.54, 1.807) is 6.20 Å². The molecule has 0 radical (unpaired) electrons. The van der Waals surface area contributed by atoms with E-state index >= 15 is 0 Å². The number of fused-ring (bicyclic) bond motifs is 1. The molecule has 6 heteroatoms. The van der Waals surface area contributed by atoms with E-state index in [2.05, 4.69) is 21.4 Å². The number of aromatic amines is 1. The molecule has 25 heavy (non-hydrogen) atoms. The van der Waals surface area contributed by atoms with Gasteiger partial charge in [0.05, 0.1) is 18.0 Å². The molecule has 2 N–H and O–H groups in total. The van der Waals surface area contributed by atoms with Crippen LogP contribution in [0.3, 0.4) is 0 Å². The minimum atomic E-state index is -0.116. The SMILES string of the molecule is Bc1ccccc1C(=O)Nc1cnc2[nH]c(C[C@H]3CCCO3)cc2c1. The van der Waals surface area contributed by atoms with Crippen molar-refractivity contribution < 1.29 is 9.53 Å². The van der Waals surface area contributed by atoms with Crippen LogP contribution in [0.25, 0.3) is 11.0 Å². The van der Waals surface area contributed by atoms with E-state index in [4.69, 9.17) is 4.74 Å². The number of aromatic nitrogens is 2. The molecule has 126 valence electrons. The van der Waals surface area contributed by atoms with Crippen molar-refractivity contribution in [3.63, 3.8) is 0 Å². The Kier molecular flexibility index (Phi) is 4.28. The first-order valence-electron chi connectivity index (χ1n) is 8.65. The second kappa shape index (κ2) is 6.72. The zero-order valence-corrected chi connectivity index (χ0v) is 14.2. The summed E-state index contributed by atoms with van der Waals surface area (Å²) < 4.78 is 5.69. The summed E-state index contributed by atoms with van der Waals surface area (Å²) in [6.45, 7) is 0.859. The highest BCUT2D eigenvalue weighted by molar-refractivity contribution is 6.37. The maximum Gasteiger partial charge on any atom is 0.255 e. The molecule has 3 aromatic rings. The summed E-state index contributed by atoms with van der Waals surface area (Å²) in [5, 5.41) is 3.93. The number of anilines is 1. The number of nitrogens with zero attached hydrogens (tertiary/aromatic N) is 1. The van der Waals surface area contributed by atoms with Gasteiger partial charge in [-0.25, -0.2) is 4.98 Å². The molecule has 1 amide bonds. The van der Waals surface area contributed by atoms with E-state index in [1.165, 1.54) is 0 Å². The fourth-order valence-corrected chi connectivity index (χ4v) is 3.33. The number of amides is 1. The molecule has 4 rings (SSSR count). The number of rotatable bonds is 4. The van der Waals surface area contributed by atoms with Crippen molar-refractivity contribution in [3.8, 4) is 0 Å². The maximum absolute atomic E-state index is 12.4. The number of pyridine rings is 1. The van der Waals surface area contributed by atoms with Crippen molar-refractivity contribution >= 4 is 35.9 Å². The molecule has 3 heterocycles. The molecule has 0 unspecified atom stereocenters. The summed E-state index contributed by atoms with van der Waals surface area (Å²) in [5.41, 5.74) is 4.28. The lowest BCUT2D eigenvalue weighted by atomic mass is 9.90. The molecule has 1 aromatic carbocycles. The largest absolute Gasteiger partial charge is 0.378 e. The maximum atomic E-state index is 12.4. The number of ether oxygens (including phenoxy) is 1. The van der Waals surface area contributed by atoms with Gasteiger partial charge in [0.1, 0.15) is 13.5 Å². The molecule has 1 aliphatic heterocycles. The van der Waals surface area contributed by atoms with E-state index in [9.17, 15) is 4.79 Å². The summed E-state index contributed by atoms with van der Waals surface area (Å²) in [6.07, 6.45) is 5.11. The van der Waals surface area contributed by atoms with Crippen LogP contribution in [0.15, 0.2) is 42.6 Å². The minimum Gasteiger partial charge on any atom is -0.378 e. The Hall–Kier alpha value is -2.60. The highest BCUT2D eigenvalue weighted by atomic mass is 16.5. The number of benzene rings is 1. The zero-order chi connectivity index (χ0) is 17.2. The van der Waals surface area contributed by atoms with Gasteiger partial charge in [0.25, 0.3) is 5.91 Å². The smallest absolute Gasteiger partial charge is 0.255 e. The Bertz CT molecular complexity index is 916. The molecule has 1 atom stereocenters. The number of carbonyl (C=O) groups is 1. The molecule has 2 aromatic heterocycles. The Morgan fingerprint density at radius 2 is 2.24 bits per heavy atom. The van der Waals surface area contributed by atoms with E-state index in [0.29, 0.717) is 17.4 Å². The monoisotopic (exact) mass is 333 g/mol. The van der Waals surface area contributed by atoms with Gasteiger partial charge >= 0.3 is 0 Å². The zero-order valence-electron chi connectivity index (χ0n) is 14.2. The molecule has 1 fully saturated rings. The van der Waals surface area contributed by atoms with Crippen molar-refractivity contribution in [1.82, 2.24) is 9.97 Å². The van der Waals surface area contributed by atoms with Crippen LogP contribution in [-0.2, 0) is 11.2 Å². The third kappa shape index (κ3) is 3.44. The molecule has 0 bridgehead atoms. The van der Waals surface area contributed by atoms with E-state index in [0.717, 1.165) is 48.1 Å². The topological polar surface area (TPSA) is 67.0 Å². The Labute approximate surface area is 147 Å². The standard InChI is InChI=1S/C19H20BN3O2/c20-17-6-2-1-5-16(17)19(24)23-14-9-12-8-13(22-18(12)21-11-14)10-15-4-3-7-25-15/h1-2,5-6,8-9,11,15H,3-4,7,10,20H2,(H,21,22)(H,23,24)/t15-/m1/s1. The predicted octanol–water partition coefficient (Wildman–Crippen LogP) is 1.80. The highest BCUT2D eigenvalue weighted by Gasteiger charge is 2.17. The Balaban J connectivity index is 1.52. The van der Waals surface area contributed by atoms with Crippen LogP contribution in [0, 0.1) is 0 Å². The average molecular weight is 333 g/mol. The minimum absolute atomic E-state index is 0.116. The van der Waals surface area contributed by atoms with Crippen LogP contribution in [-0.4, -0.2) is 36.4 Å². The first kappa shape index (κ1) is 15.9. The normalized spacial score (nSPS) is 17.0. The van der Waals surface area contributed by atoms with Crippen molar-refractivity contribution in [2.24, 2.45) is 0 Å². The second-order valence-electron chi connectivity index (χ2n) is 6.56. The highest BCUT2D eigenvalue weighted by Crippen LogP contribution is 2.22. The van der Waals surface area contributed by atoms with E-state index in [1.807, 2.05) is 38.2 Å². The lowest BCUT2D eigenvalue weighted by Gasteiger charge is -2.07. The number of hydrogen-bond acceptors (Lipinski definition) is 3. The number of carbonyl (C=O) groups excluding carboxylic acids is 1. The number of H-pyrrole nitrogens is 1. The lowest BCUT2D eigenvalue weighted by Crippen LogP contribution is -2.21. The third-order valence-electron chi connectivity index (χ3n) is 4.65. The van der Waals surface area contributed by atoms with E-state index < -0.39 is 0 Å². The Morgan fingerprint density at radius 3 is 3.04 bits per heavy atom. The second-order valence-corrected chi connectivity index (χ2v) is 6.56. The van der Waals surface area contributed by atoms with Gasteiger partial charge in [0.2, 0.25) is 0 Å². The van der Waals surface area contributed by atoms with Crippen LogP contribution < -0.4 is 10.8 Å². The first-order chi connectivity index (χ1) is 12.2. The molecule has 1 aliphatic rings. The van der Waals surface area contributed by atoms with Crippen LogP contribution in [0.1, 0.15) is 28.9 Å². The predicted molar refractivity (Wildman–Crippen MR) is 101 cm³/mol. The summed E-state index contributed by atoms with van der Waals surface area (Å²) in [6, 6.07) is 11.6. The molecular formula is C19H20BN3O2. The van der Waals surface area contributed by atoms with Crippen LogP contribution in [0.2, 0.25) is 0 Å². The summed E-state index contributed by atoms with van der Waals surface area (Å²) in [4.78, 5) is 20.2. The van der Waals surface area contributed by atoms with Gasteiger partial charge in [0.15, 0.2) is 0 Å². The van der Waals surface area contributed by atoms with Crippen molar-refractivity contribution in [2.75, 3.05) is 11.9 Å². The number of hydrogen-bond donors (Lipinski definition) is 2. The van der Waals surface area contributed by atoms with Crippen molar-refractivity contribution in [1.29, 1.82) is 0 Å². The van der Waals surface area contributed by atoms with E-state index in [-0.39, 0.29) is 5.91 Å². The molecule has 1 saturated heterocycles. The average Bonchev–Trinajstić information content (AvgIpc) is 3.24. The van der Waals surface area contributed by atoms with Gasteiger partial charge in [-0.3, -0.25) is 4.79 Å². The lowest BCUT2D eigenvalue weighted by molar-refractivity contribution is 0.102. The van der Waals surface area contributed by atoms with Crippen LogP contribution in [0.5, 0.6) is 0 Å². The van der Waals surface area contributed by atoms with Gasteiger partial charge < -0.3 is 15.0 Å².